The van der Waals surface area contributed by atoms with Crippen LogP contribution in [-0.4, -0.2) is 32.0 Å². The number of hydrogen-bond acceptors (Lipinski definition) is 5. The van der Waals surface area contributed by atoms with Gasteiger partial charge in [0.1, 0.15) is 11.9 Å². The van der Waals surface area contributed by atoms with Gasteiger partial charge in [-0.25, -0.2) is 22.5 Å². The van der Waals surface area contributed by atoms with Gasteiger partial charge in [0.2, 0.25) is 21.8 Å². The molecule has 1 fully saturated rings. The number of carbonyl (C=O) groups is 1. The molecule has 1 aliphatic carbocycles. The molecule has 0 radical (unpaired) electrons. The highest BCUT2D eigenvalue weighted by Crippen LogP contribution is 2.22. The fraction of sp³-hybridized carbons (Fsp3) is 0.400. The lowest BCUT2D eigenvalue weighted by atomic mass is 10.2. The monoisotopic (exact) mass is 421 g/mol. The van der Waals surface area contributed by atoms with Gasteiger partial charge in [0, 0.05) is 31.8 Å². The van der Waals surface area contributed by atoms with Crippen LogP contribution in [0.3, 0.4) is 0 Å². The van der Waals surface area contributed by atoms with Gasteiger partial charge in [-0.05, 0) is 55.5 Å². The average Bonchev–Trinajstić information content (AvgIpc) is 3.21. The standard InChI is InChI=1S/C20H24FN3O4S/c21-16-6-8-18(9-7-16)29(26,27)24-12-11-19(25)22-13-15-5-10-20(23-14-15)28-17-3-1-2-4-17/h5-10,14,17,24H,1-4,11-13H2,(H,22,25). The molecular weight excluding hydrogens is 397 g/mol. The number of amides is 1. The summed E-state index contributed by atoms with van der Waals surface area (Å²) in [5.41, 5.74) is 0.823. The summed E-state index contributed by atoms with van der Waals surface area (Å²) in [5, 5.41) is 2.72. The molecule has 9 heteroatoms. The third kappa shape index (κ3) is 6.50. The third-order valence-electron chi connectivity index (χ3n) is 4.64. The minimum atomic E-state index is -3.78. The van der Waals surface area contributed by atoms with E-state index in [0.717, 1.165) is 30.5 Å². The highest BCUT2D eigenvalue weighted by molar-refractivity contribution is 7.89. The zero-order valence-corrected chi connectivity index (χ0v) is 16.8. The normalized spacial score (nSPS) is 14.7. The molecule has 1 heterocycles. The molecule has 0 bridgehead atoms. The van der Waals surface area contributed by atoms with Crippen molar-refractivity contribution in [2.75, 3.05) is 6.54 Å². The van der Waals surface area contributed by atoms with E-state index < -0.39 is 15.8 Å². The molecular formula is C20H24FN3O4S. The Morgan fingerprint density at radius 3 is 2.52 bits per heavy atom. The molecule has 7 nitrogen and oxygen atoms in total. The van der Waals surface area contributed by atoms with Crippen LogP contribution in [0.5, 0.6) is 5.88 Å². The molecule has 0 unspecified atom stereocenters. The maximum absolute atomic E-state index is 12.9. The van der Waals surface area contributed by atoms with Gasteiger partial charge in [-0.2, -0.15) is 0 Å². The van der Waals surface area contributed by atoms with Gasteiger partial charge in [0.05, 0.1) is 4.90 Å². The van der Waals surface area contributed by atoms with E-state index in [0.29, 0.717) is 12.4 Å². The highest BCUT2D eigenvalue weighted by Gasteiger charge is 2.17. The number of ether oxygens (including phenoxy) is 1. The van der Waals surface area contributed by atoms with Crippen LogP contribution in [-0.2, 0) is 21.4 Å². The van der Waals surface area contributed by atoms with Gasteiger partial charge in [0.15, 0.2) is 0 Å². The Hall–Kier alpha value is -2.52. The zero-order chi connectivity index (χ0) is 20.7. The molecule has 3 rings (SSSR count). The van der Waals surface area contributed by atoms with Gasteiger partial charge < -0.3 is 10.1 Å². The number of sulfonamides is 1. The SMILES string of the molecule is O=C(CCNS(=O)(=O)c1ccc(F)cc1)NCc1ccc(OC2CCCC2)nc1. The van der Waals surface area contributed by atoms with Gasteiger partial charge in [-0.3, -0.25) is 4.79 Å². The molecule has 1 aromatic carbocycles. The van der Waals surface area contributed by atoms with Crippen molar-refractivity contribution >= 4 is 15.9 Å². The topological polar surface area (TPSA) is 97.4 Å². The van der Waals surface area contributed by atoms with E-state index in [2.05, 4.69) is 15.0 Å². The van der Waals surface area contributed by atoms with Crippen molar-refractivity contribution in [1.82, 2.24) is 15.0 Å². The Bertz CT molecular complexity index is 912. The first-order chi connectivity index (χ1) is 13.9. The van der Waals surface area contributed by atoms with Gasteiger partial charge in [-0.15, -0.1) is 0 Å². The third-order valence-corrected chi connectivity index (χ3v) is 6.12. The second-order valence-corrected chi connectivity index (χ2v) is 8.67. The van der Waals surface area contributed by atoms with E-state index in [4.69, 9.17) is 4.74 Å². The summed E-state index contributed by atoms with van der Waals surface area (Å²) in [5.74, 6) is -0.226. The minimum Gasteiger partial charge on any atom is -0.474 e. The molecule has 0 saturated heterocycles. The molecule has 1 saturated carbocycles. The molecule has 1 aliphatic rings. The first-order valence-electron chi connectivity index (χ1n) is 9.56. The number of nitrogens with one attached hydrogen (secondary N) is 2. The maximum Gasteiger partial charge on any atom is 0.240 e. The van der Waals surface area contributed by atoms with Crippen molar-refractivity contribution in [3.8, 4) is 5.88 Å². The number of nitrogens with zero attached hydrogens (tertiary/aromatic N) is 1. The van der Waals surface area contributed by atoms with E-state index in [1.807, 2.05) is 6.07 Å². The second-order valence-electron chi connectivity index (χ2n) is 6.91. The van der Waals surface area contributed by atoms with E-state index in [1.165, 1.54) is 25.0 Å². The van der Waals surface area contributed by atoms with Crippen molar-refractivity contribution in [2.45, 2.75) is 49.6 Å². The molecule has 0 aliphatic heterocycles. The second kappa shape index (κ2) is 9.80. The summed E-state index contributed by atoms with van der Waals surface area (Å²) in [6, 6.07) is 8.11. The van der Waals surface area contributed by atoms with Crippen molar-refractivity contribution in [3.05, 3.63) is 54.0 Å². The van der Waals surface area contributed by atoms with E-state index in [-0.39, 0.29) is 29.9 Å². The van der Waals surface area contributed by atoms with Gasteiger partial charge in [0.25, 0.3) is 0 Å². The van der Waals surface area contributed by atoms with E-state index >= 15 is 0 Å². The highest BCUT2D eigenvalue weighted by atomic mass is 32.2. The molecule has 29 heavy (non-hydrogen) atoms. The maximum atomic E-state index is 12.9. The van der Waals surface area contributed by atoms with Crippen LogP contribution in [0.25, 0.3) is 0 Å². The number of carbonyl (C=O) groups excluding carboxylic acids is 1. The van der Waals surface area contributed by atoms with Crippen LogP contribution in [0.15, 0.2) is 47.5 Å². The number of halogens is 1. The largest absolute Gasteiger partial charge is 0.474 e. The molecule has 0 atom stereocenters. The Kier molecular flexibility index (Phi) is 7.16. The van der Waals surface area contributed by atoms with Gasteiger partial charge >= 0.3 is 0 Å². The molecule has 156 valence electrons. The van der Waals surface area contributed by atoms with Crippen LogP contribution in [0.4, 0.5) is 4.39 Å². The summed E-state index contributed by atoms with van der Waals surface area (Å²) in [6.45, 7) is 0.234. The number of benzene rings is 1. The lowest BCUT2D eigenvalue weighted by Crippen LogP contribution is -2.30. The quantitative estimate of drug-likeness (QED) is 0.649. The van der Waals surface area contributed by atoms with Gasteiger partial charge in [-0.1, -0.05) is 6.07 Å². The number of aromatic nitrogens is 1. The Morgan fingerprint density at radius 1 is 1.14 bits per heavy atom. The van der Waals surface area contributed by atoms with Crippen molar-refractivity contribution in [1.29, 1.82) is 0 Å². The van der Waals surface area contributed by atoms with Crippen LogP contribution in [0.2, 0.25) is 0 Å². The average molecular weight is 421 g/mol. The Balaban J connectivity index is 1.38. The predicted molar refractivity (Wildman–Crippen MR) is 105 cm³/mol. The lowest BCUT2D eigenvalue weighted by molar-refractivity contribution is -0.121. The van der Waals surface area contributed by atoms with Crippen LogP contribution in [0.1, 0.15) is 37.7 Å². The molecule has 1 aromatic heterocycles. The predicted octanol–water partition coefficient (Wildman–Crippen LogP) is 2.53. The summed E-state index contributed by atoms with van der Waals surface area (Å²) >= 11 is 0. The first kappa shape index (κ1) is 21.2. The van der Waals surface area contributed by atoms with E-state index in [1.54, 1.807) is 12.3 Å². The van der Waals surface area contributed by atoms with Crippen LogP contribution < -0.4 is 14.8 Å². The van der Waals surface area contributed by atoms with Crippen LogP contribution in [0, 0.1) is 5.82 Å². The summed E-state index contributed by atoms with van der Waals surface area (Å²) < 4.78 is 45.2. The first-order valence-corrected chi connectivity index (χ1v) is 11.0. The molecule has 1 amide bonds. The number of rotatable bonds is 9. The molecule has 2 N–H and O–H groups in total. The lowest BCUT2D eigenvalue weighted by Gasteiger charge is -2.12. The fourth-order valence-electron chi connectivity index (χ4n) is 3.05. The fourth-order valence-corrected chi connectivity index (χ4v) is 4.08. The van der Waals surface area contributed by atoms with Crippen LogP contribution >= 0.6 is 0 Å². The zero-order valence-electron chi connectivity index (χ0n) is 15.9. The summed E-state index contributed by atoms with van der Waals surface area (Å²) in [7, 11) is -3.78. The number of pyridine rings is 1. The smallest absolute Gasteiger partial charge is 0.240 e. The van der Waals surface area contributed by atoms with E-state index in [9.17, 15) is 17.6 Å². The molecule has 0 spiro atoms. The molecule has 2 aromatic rings. The summed E-state index contributed by atoms with van der Waals surface area (Å²) in [6.07, 6.45) is 6.38. The van der Waals surface area contributed by atoms with Crippen molar-refractivity contribution in [3.63, 3.8) is 0 Å². The Labute approximate surface area is 169 Å². The Morgan fingerprint density at radius 2 is 1.86 bits per heavy atom. The number of hydrogen-bond donors (Lipinski definition) is 2. The van der Waals surface area contributed by atoms with Crippen molar-refractivity contribution < 1.29 is 22.3 Å². The minimum absolute atomic E-state index is 0.0171. The van der Waals surface area contributed by atoms with Crippen molar-refractivity contribution in [2.24, 2.45) is 0 Å². The summed E-state index contributed by atoms with van der Waals surface area (Å²) in [4.78, 5) is 16.2.